The third-order valence-corrected chi connectivity index (χ3v) is 13.5. The second kappa shape index (κ2) is 17.9. The largest absolute Gasteiger partial charge is 0.0616 e. The Kier molecular flexibility index (Phi) is 10.4. The second-order valence-electron chi connectivity index (χ2n) is 17.7. The second-order valence-corrected chi connectivity index (χ2v) is 17.7. The molecule has 0 fully saturated rings. The summed E-state index contributed by atoms with van der Waals surface area (Å²) in [5, 5.41) is 12.7. The van der Waals surface area contributed by atoms with E-state index in [1.54, 1.807) is 0 Å². The van der Waals surface area contributed by atoms with Crippen LogP contribution >= 0.6 is 0 Å². The van der Waals surface area contributed by atoms with Crippen molar-refractivity contribution in [2.24, 2.45) is 0 Å². The Morgan fingerprint density at radius 3 is 0.278 bits per heavy atom. The van der Waals surface area contributed by atoms with Crippen molar-refractivity contribution in [2.75, 3.05) is 0 Å². The van der Waals surface area contributed by atoms with Crippen LogP contribution in [0.25, 0.3) is 64.6 Å². The first-order valence-electron chi connectivity index (χ1n) is 23.9. The van der Waals surface area contributed by atoms with Gasteiger partial charge in [0.05, 0.1) is 0 Å². The molecular weight excluding hydrogens is 865 g/mol. The van der Waals surface area contributed by atoms with E-state index in [1.165, 1.54) is 0 Å². The van der Waals surface area contributed by atoms with Crippen LogP contribution in [0.5, 0.6) is 0 Å². The zero-order valence-corrected chi connectivity index (χ0v) is 38.8. The highest BCUT2D eigenvalue weighted by molar-refractivity contribution is 6.00. The van der Waals surface area contributed by atoms with Crippen LogP contribution in [-0.4, -0.2) is 0 Å². The van der Waals surface area contributed by atoms with Gasteiger partial charge in [-0.05, 0) is 137 Å². The van der Waals surface area contributed by atoms with Crippen LogP contribution in [0.2, 0.25) is 0 Å². The molecule has 72 heavy (non-hydrogen) atoms. The molecule has 0 aromatic heterocycles. The fraction of sp³-hybridized carbons (Fsp3) is 0. The van der Waals surface area contributed by atoms with Crippen molar-refractivity contribution >= 4 is 64.6 Å². The van der Waals surface area contributed by atoms with Gasteiger partial charge in [-0.2, -0.15) is 0 Å². The minimum Gasteiger partial charge on any atom is -0.0616 e. The summed E-state index contributed by atoms with van der Waals surface area (Å²) >= 11 is 0. The van der Waals surface area contributed by atoms with Crippen LogP contribution in [0.4, 0.5) is 0 Å². The topological polar surface area (TPSA) is 0 Å². The standard InChI is InChI=1S/C72H36/c1-2-14-62-50-26-25-49(61(62)13-1)37-38-51-27-28-53(65-17-4-3-15-63(51)65)41-42-55-31-32-57(69-21-8-7-19-67(55)69)45-46-59-35-36-60(72-24-12-11-23-71(59)72)48-47-58-34-33-56(68-20-9-10-22-70(58)68)44-43-54-30-29-52(40-39-50)64-16-5-6-18-66(54)64/h1-36H. The molecule has 1 aliphatic rings. The molecule has 13 rings (SSSR count). The van der Waals surface area contributed by atoms with Gasteiger partial charge < -0.3 is 0 Å². The third-order valence-electron chi connectivity index (χ3n) is 13.5. The van der Waals surface area contributed by atoms with E-state index in [2.05, 4.69) is 289 Å². The van der Waals surface area contributed by atoms with Crippen LogP contribution in [0.1, 0.15) is 66.8 Å². The van der Waals surface area contributed by atoms with E-state index in [-0.39, 0.29) is 0 Å². The molecule has 0 heterocycles. The predicted octanol–water partition coefficient (Wildman–Crippen LogP) is 15.3. The molecule has 1 aliphatic carbocycles. The number of rotatable bonds is 0. The Bertz CT molecular complexity index is 3650. The van der Waals surface area contributed by atoms with Crippen molar-refractivity contribution in [1.82, 2.24) is 0 Å². The van der Waals surface area contributed by atoms with E-state index >= 15 is 0 Å². The van der Waals surface area contributed by atoms with Crippen molar-refractivity contribution in [1.29, 1.82) is 0 Å². The highest BCUT2D eigenvalue weighted by Crippen LogP contribution is 2.30. The third kappa shape index (κ3) is 7.63. The quantitative estimate of drug-likeness (QED) is 0.133. The number of benzene rings is 12. The van der Waals surface area contributed by atoms with Gasteiger partial charge in [0.25, 0.3) is 0 Å². The smallest absolute Gasteiger partial charge is 0.0328 e. The summed E-state index contributed by atoms with van der Waals surface area (Å²) in [7, 11) is 0. The Labute approximate surface area is 418 Å². The summed E-state index contributed by atoms with van der Waals surface area (Å²) in [4.78, 5) is 0. The molecule has 12 bridgehead atoms. The van der Waals surface area contributed by atoms with E-state index in [9.17, 15) is 0 Å². The van der Waals surface area contributed by atoms with Crippen molar-refractivity contribution in [2.45, 2.75) is 0 Å². The van der Waals surface area contributed by atoms with Crippen LogP contribution < -0.4 is 0 Å². The van der Waals surface area contributed by atoms with Crippen molar-refractivity contribution in [3.05, 3.63) is 285 Å². The average molecular weight is 901 g/mol. The summed E-state index contributed by atoms with van der Waals surface area (Å²) in [6, 6.07) is 75.5. The molecule has 0 saturated heterocycles. The molecule has 0 saturated carbocycles. The van der Waals surface area contributed by atoms with Crippen LogP contribution in [0.3, 0.4) is 0 Å². The molecule has 0 radical (unpaired) electrons. The molecule has 12 aromatic rings. The molecule has 0 atom stereocenters. The van der Waals surface area contributed by atoms with E-state index in [0.29, 0.717) is 0 Å². The van der Waals surface area contributed by atoms with E-state index in [4.69, 9.17) is 0 Å². The Balaban J connectivity index is 0.985. The van der Waals surface area contributed by atoms with Gasteiger partial charge in [0.1, 0.15) is 0 Å². The molecule has 0 N–H and O–H groups in total. The van der Waals surface area contributed by atoms with Crippen molar-refractivity contribution < 1.29 is 0 Å². The lowest BCUT2D eigenvalue weighted by molar-refractivity contribution is 1.63. The number of fused-ring (bicyclic) bond motifs is 36. The molecular formula is C72H36. The van der Waals surface area contributed by atoms with Gasteiger partial charge in [-0.15, -0.1) is 0 Å². The molecule has 0 spiro atoms. The molecule has 0 amide bonds. The minimum atomic E-state index is 0.947. The Hall–Kier alpha value is -10.4. The van der Waals surface area contributed by atoms with E-state index in [1.807, 2.05) is 0 Å². The SMILES string of the molecule is C1#Cc2ccc(c3ccccc23)C#Cc2ccc(c3ccccc23)C#Cc2ccc(c3ccccc23)C#Cc2ccc(c3ccccc23)C#Cc2ccc(c3ccccc23)C#Cc2ccc1c1ccccc21. The lowest BCUT2D eigenvalue weighted by Gasteiger charge is -2.06. The molecule has 0 heteroatoms. The molecule has 0 unspecified atom stereocenters. The highest BCUT2D eigenvalue weighted by atomic mass is 14.1. The van der Waals surface area contributed by atoms with Crippen LogP contribution in [0, 0.1) is 71.0 Å². The first-order chi connectivity index (χ1) is 35.7. The zero-order valence-electron chi connectivity index (χ0n) is 38.8. The van der Waals surface area contributed by atoms with Gasteiger partial charge in [-0.25, -0.2) is 0 Å². The number of hydrogen-bond donors (Lipinski definition) is 0. The number of hydrogen-bond acceptors (Lipinski definition) is 0. The summed E-state index contributed by atoms with van der Waals surface area (Å²) in [5.41, 5.74) is 11.4. The van der Waals surface area contributed by atoms with E-state index < -0.39 is 0 Å². The first kappa shape index (κ1) is 41.7. The monoisotopic (exact) mass is 900 g/mol. The normalized spacial score (nSPS) is 11.3. The fourth-order valence-corrected chi connectivity index (χ4v) is 9.91. The lowest BCUT2D eigenvalue weighted by Crippen LogP contribution is -1.89. The first-order valence-corrected chi connectivity index (χ1v) is 23.9. The van der Waals surface area contributed by atoms with Gasteiger partial charge in [-0.1, -0.05) is 217 Å². The maximum atomic E-state index is 3.54. The maximum Gasteiger partial charge on any atom is 0.0328 e. The van der Waals surface area contributed by atoms with Gasteiger partial charge in [0.2, 0.25) is 0 Å². The summed E-state index contributed by atoms with van der Waals surface area (Å²) in [6.07, 6.45) is 0. The fourth-order valence-electron chi connectivity index (χ4n) is 9.91. The predicted molar refractivity (Wildman–Crippen MR) is 300 cm³/mol. The van der Waals surface area contributed by atoms with Crippen LogP contribution in [-0.2, 0) is 0 Å². The summed E-state index contributed by atoms with van der Waals surface area (Å²) in [6.45, 7) is 0. The van der Waals surface area contributed by atoms with Crippen LogP contribution in [0.15, 0.2) is 218 Å². The van der Waals surface area contributed by atoms with Crippen molar-refractivity contribution in [3.8, 4) is 71.0 Å². The summed E-state index contributed by atoms with van der Waals surface area (Å²) in [5.74, 6) is 42.4. The van der Waals surface area contributed by atoms with E-state index in [0.717, 1.165) is 131 Å². The Morgan fingerprint density at radius 1 is 0.111 bits per heavy atom. The van der Waals surface area contributed by atoms with Gasteiger partial charge >= 0.3 is 0 Å². The molecule has 0 nitrogen and oxygen atoms in total. The Morgan fingerprint density at radius 2 is 0.194 bits per heavy atom. The van der Waals surface area contributed by atoms with Gasteiger partial charge in [0, 0.05) is 66.8 Å². The average Bonchev–Trinajstić information content (AvgIpc) is 3.44. The molecule has 12 aromatic carbocycles. The lowest BCUT2D eigenvalue weighted by atomic mass is 9.96. The summed E-state index contributed by atoms with van der Waals surface area (Å²) < 4.78 is 0. The van der Waals surface area contributed by atoms with Crippen molar-refractivity contribution in [3.63, 3.8) is 0 Å². The zero-order chi connectivity index (χ0) is 47.8. The van der Waals surface area contributed by atoms with Gasteiger partial charge in [-0.3, -0.25) is 0 Å². The highest BCUT2D eigenvalue weighted by Gasteiger charge is 2.10. The molecule has 0 aliphatic heterocycles. The molecule has 324 valence electrons. The maximum absolute atomic E-state index is 3.54. The van der Waals surface area contributed by atoms with Gasteiger partial charge in [0.15, 0.2) is 0 Å². The minimum absolute atomic E-state index is 0.947.